The van der Waals surface area contributed by atoms with Crippen molar-refractivity contribution in [2.75, 3.05) is 18.4 Å². The van der Waals surface area contributed by atoms with Gasteiger partial charge in [-0.15, -0.1) is 0 Å². The molecule has 0 aromatic heterocycles. The molecule has 0 spiro atoms. The second kappa shape index (κ2) is 10.3. The Balaban J connectivity index is 1.97. The molecule has 0 heterocycles. The van der Waals surface area contributed by atoms with Crippen LogP contribution in [0.25, 0.3) is 6.08 Å². The van der Waals surface area contributed by atoms with E-state index in [0.29, 0.717) is 5.56 Å². The molecule has 9 heteroatoms. The number of likely N-dealkylation sites (N-methyl/N-ethyl adjacent to an activating group) is 1. The summed E-state index contributed by atoms with van der Waals surface area (Å²) in [5, 5.41) is 2.11. The van der Waals surface area contributed by atoms with E-state index in [1.807, 2.05) is 0 Å². The van der Waals surface area contributed by atoms with Gasteiger partial charge >= 0.3 is 6.61 Å². The third-order valence-corrected chi connectivity index (χ3v) is 3.78. The molecule has 0 aliphatic heterocycles. The van der Waals surface area contributed by atoms with E-state index < -0.39 is 42.3 Å². The Labute approximate surface area is 164 Å². The first-order valence-corrected chi connectivity index (χ1v) is 8.56. The second-order valence-corrected chi connectivity index (χ2v) is 5.78. The number of halogens is 4. The molecule has 29 heavy (non-hydrogen) atoms. The quantitative estimate of drug-likeness (QED) is 0.527. The van der Waals surface area contributed by atoms with E-state index in [-0.39, 0.29) is 12.3 Å². The lowest BCUT2D eigenvalue weighted by Crippen LogP contribution is -2.37. The van der Waals surface area contributed by atoms with E-state index in [4.69, 9.17) is 0 Å². The van der Waals surface area contributed by atoms with Gasteiger partial charge in [0.1, 0.15) is 29.6 Å². The summed E-state index contributed by atoms with van der Waals surface area (Å²) >= 11 is 0. The van der Waals surface area contributed by atoms with Crippen molar-refractivity contribution < 1.29 is 31.9 Å². The highest BCUT2D eigenvalue weighted by molar-refractivity contribution is 5.98. The first-order valence-electron chi connectivity index (χ1n) is 8.56. The van der Waals surface area contributed by atoms with Crippen LogP contribution in [0.1, 0.15) is 12.5 Å². The third kappa shape index (κ3) is 6.63. The molecule has 2 amide bonds. The molecule has 154 valence electrons. The molecule has 2 rings (SSSR count). The van der Waals surface area contributed by atoms with Gasteiger partial charge in [-0.25, -0.2) is 8.78 Å². The number of nitrogens with one attached hydrogen (secondary N) is 1. The average molecular weight is 410 g/mol. The lowest BCUT2D eigenvalue weighted by molar-refractivity contribution is -0.130. The highest BCUT2D eigenvalue weighted by atomic mass is 19.3. The molecule has 2 aromatic rings. The molecular weight excluding hydrogens is 392 g/mol. The van der Waals surface area contributed by atoms with Gasteiger partial charge in [-0.1, -0.05) is 18.2 Å². The van der Waals surface area contributed by atoms with E-state index in [0.717, 1.165) is 12.1 Å². The van der Waals surface area contributed by atoms with Crippen LogP contribution in [0.5, 0.6) is 5.75 Å². The second-order valence-electron chi connectivity index (χ2n) is 5.78. The summed E-state index contributed by atoms with van der Waals surface area (Å²) in [5.41, 5.74) is -0.0310. The van der Waals surface area contributed by atoms with E-state index in [9.17, 15) is 27.2 Å². The first kappa shape index (κ1) is 21.9. The van der Waals surface area contributed by atoms with Crippen molar-refractivity contribution in [1.82, 2.24) is 4.90 Å². The monoisotopic (exact) mass is 410 g/mol. The largest absolute Gasteiger partial charge is 0.435 e. The molecule has 0 atom stereocenters. The SMILES string of the molecule is CCN(CC(=O)Nc1c(F)cccc1F)C(=O)/C=C/c1ccc(OC(F)F)cc1. The number of hydrogen-bond donors (Lipinski definition) is 1. The summed E-state index contributed by atoms with van der Waals surface area (Å²) in [7, 11) is 0. The molecule has 0 bridgehead atoms. The Morgan fingerprint density at radius 2 is 1.72 bits per heavy atom. The average Bonchev–Trinajstić information content (AvgIpc) is 2.68. The van der Waals surface area contributed by atoms with Crippen LogP contribution >= 0.6 is 0 Å². The Kier molecular flexibility index (Phi) is 7.76. The summed E-state index contributed by atoms with van der Waals surface area (Å²) in [4.78, 5) is 25.5. The first-order chi connectivity index (χ1) is 13.8. The zero-order valence-electron chi connectivity index (χ0n) is 15.4. The summed E-state index contributed by atoms with van der Waals surface area (Å²) in [5.74, 6) is -3.13. The van der Waals surface area contributed by atoms with E-state index in [1.54, 1.807) is 6.92 Å². The molecule has 0 radical (unpaired) electrons. The van der Waals surface area contributed by atoms with Gasteiger partial charge in [0.25, 0.3) is 0 Å². The summed E-state index contributed by atoms with van der Waals surface area (Å²) in [6, 6.07) is 8.77. The minimum atomic E-state index is -2.93. The minimum Gasteiger partial charge on any atom is -0.435 e. The van der Waals surface area contributed by atoms with Gasteiger partial charge in [0, 0.05) is 12.6 Å². The number of carbonyl (C=O) groups is 2. The number of anilines is 1. The number of amides is 2. The zero-order valence-corrected chi connectivity index (χ0v) is 15.4. The Morgan fingerprint density at radius 1 is 1.10 bits per heavy atom. The summed E-state index contributed by atoms with van der Waals surface area (Å²) < 4.78 is 55.7. The summed E-state index contributed by atoms with van der Waals surface area (Å²) in [6.07, 6.45) is 2.63. The topological polar surface area (TPSA) is 58.6 Å². The van der Waals surface area contributed by atoms with Crippen LogP contribution in [0, 0.1) is 11.6 Å². The fraction of sp³-hybridized carbons (Fsp3) is 0.200. The Hall–Kier alpha value is -3.36. The number of hydrogen-bond acceptors (Lipinski definition) is 3. The third-order valence-electron chi connectivity index (χ3n) is 3.78. The maximum absolute atomic E-state index is 13.6. The molecule has 0 fully saturated rings. The molecule has 0 saturated carbocycles. The van der Waals surface area contributed by atoms with Crippen molar-refractivity contribution in [3.8, 4) is 5.75 Å². The predicted molar refractivity (Wildman–Crippen MR) is 99.3 cm³/mol. The van der Waals surface area contributed by atoms with Crippen LogP contribution < -0.4 is 10.1 Å². The van der Waals surface area contributed by atoms with Crippen molar-refractivity contribution in [3.05, 3.63) is 65.7 Å². The van der Waals surface area contributed by atoms with Gasteiger partial charge in [-0.2, -0.15) is 8.78 Å². The van der Waals surface area contributed by atoms with E-state index in [2.05, 4.69) is 10.1 Å². The predicted octanol–water partition coefficient (Wildman–Crippen LogP) is 4.07. The number of carbonyl (C=O) groups excluding carboxylic acids is 2. The van der Waals surface area contributed by atoms with Crippen LogP contribution in [0.4, 0.5) is 23.2 Å². The molecule has 2 aromatic carbocycles. The fourth-order valence-corrected chi connectivity index (χ4v) is 2.35. The molecule has 0 saturated heterocycles. The highest BCUT2D eigenvalue weighted by Crippen LogP contribution is 2.18. The van der Waals surface area contributed by atoms with E-state index in [1.165, 1.54) is 47.4 Å². The number of benzene rings is 2. The Morgan fingerprint density at radius 3 is 2.28 bits per heavy atom. The normalized spacial score (nSPS) is 11.0. The van der Waals surface area contributed by atoms with Gasteiger partial charge in [-0.05, 0) is 42.8 Å². The summed E-state index contributed by atoms with van der Waals surface area (Å²) in [6.45, 7) is -1.52. The van der Waals surface area contributed by atoms with Crippen molar-refractivity contribution in [2.45, 2.75) is 13.5 Å². The van der Waals surface area contributed by atoms with Crippen LogP contribution in [-0.2, 0) is 9.59 Å². The standard InChI is InChI=1S/C20H18F4N2O3/c1-2-26(12-17(27)25-19-15(21)4-3-5-16(19)22)18(28)11-8-13-6-9-14(10-7-13)29-20(23)24/h3-11,20H,2,12H2,1H3,(H,25,27)/b11-8+. The number of alkyl halides is 2. The van der Waals surface area contributed by atoms with Crippen LogP contribution in [0.3, 0.4) is 0 Å². The minimum absolute atomic E-state index is 0.0179. The lowest BCUT2D eigenvalue weighted by atomic mass is 10.2. The highest BCUT2D eigenvalue weighted by Gasteiger charge is 2.16. The number of rotatable bonds is 8. The molecular formula is C20H18F4N2O3. The van der Waals surface area contributed by atoms with Gasteiger partial charge in [0.15, 0.2) is 0 Å². The lowest BCUT2D eigenvalue weighted by Gasteiger charge is -2.18. The molecule has 1 N–H and O–H groups in total. The van der Waals surface area contributed by atoms with Crippen molar-refractivity contribution in [2.24, 2.45) is 0 Å². The molecule has 0 aliphatic rings. The van der Waals surface area contributed by atoms with Crippen molar-refractivity contribution >= 4 is 23.6 Å². The van der Waals surface area contributed by atoms with Crippen molar-refractivity contribution in [3.63, 3.8) is 0 Å². The van der Waals surface area contributed by atoms with Gasteiger partial charge < -0.3 is 15.0 Å². The van der Waals surface area contributed by atoms with Gasteiger partial charge in [0.2, 0.25) is 11.8 Å². The zero-order chi connectivity index (χ0) is 21.4. The maximum Gasteiger partial charge on any atom is 0.387 e. The number of nitrogens with zero attached hydrogens (tertiary/aromatic N) is 1. The molecule has 0 unspecified atom stereocenters. The Bertz CT molecular complexity index is 866. The molecule has 5 nitrogen and oxygen atoms in total. The number of para-hydroxylation sites is 1. The van der Waals surface area contributed by atoms with Crippen LogP contribution in [0.15, 0.2) is 48.5 Å². The van der Waals surface area contributed by atoms with Gasteiger partial charge in [-0.3, -0.25) is 9.59 Å². The number of ether oxygens (including phenoxy) is 1. The molecule has 0 aliphatic carbocycles. The fourth-order valence-electron chi connectivity index (χ4n) is 2.35. The van der Waals surface area contributed by atoms with E-state index >= 15 is 0 Å². The van der Waals surface area contributed by atoms with Crippen LogP contribution in [0.2, 0.25) is 0 Å². The smallest absolute Gasteiger partial charge is 0.387 e. The van der Waals surface area contributed by atoms with Crippen molar-refractivity contribution in [1.29, 1.82) is 0 Å². The van der Waals surface area contributed by atoms with Gasteiger partial charge in [0.05, 0.1) is 0 Å². The maximum atomic E-state index is 13.6. The van der Waals surface area contributed by atoms with Crippen LogP contribution in [-0.4, -0.2) is 36.4 Å².